The lowest BCUT2D eigenvalue weighted by atomic mass is 9.78. The van der Waals surface area contributed by atoms with Crippen molar-refractivity contribution in [1.29, 1.82) is 0 Å². The van der Waals surface area contributed by atoms with Crippen LogP contribution in [0.4, 0.5) is 34.1 Å². The van der Waals surface area contributed by atoms with Crippen molar-refractivity contribution in [2.24, 2.45) is 0 Å². The monoisotopic (exact) mass is 700 g/mol. The smallest absolute Gasteiger partial charge is 0.0463 e. The molecule has 2 nitrogen and oxygen atoms in total. The van der Waals surface area contributed by atoms with Gasteiger partial charge in [0, 0.05) is 45.0 Å². The maximum Gasteiger partial charge on any atom is 0.0463 e. The van der Waals surface area contributed by atoms with Crippen molar-refractivity contribution in [2.75, 3.05) is 9.80 Å². The number of benzene rings is 7. The van der Waals surface area contributed by atoms with Crippen molar-refractivity contribution in [3.8, 4) is 0 Å². The zero-order valence-corrected chi connectivity index (χ0v) is 31.8. The van der Waals surface area contributed by atoms with Crippen LogP contribution in [0.1, 0.15) is 61.1 Å². The Morgan fingerprint density at radius 2 is 0.537 bits per heavy atom. The van der Waals surface area contributed by atoms with Gasteiger partial charge in [-0.3, -0.25) is 0 Å². The third-order valence-electron chi connectivity index (χ3n) is 10.8. The molecule has 7 rings (SSSR count). The van der Waals surface area contributed by atoms with Crippen LogP contribution >= 0.6 is 0 Å². The summed E-state index contributed by atoms with van der Waals surface area (Å²) in [6.07, 6.45) is 3.78. The third-order valence-corrected chi connectivity index (χ3v) is 10.8. The van der Waals surface area contributed by atoms with Crippen molar-refractivity contribution >= 4 is 46.3 Å². The van der Waals surface area contributed by atoms with E-state index in [1.54, 1.807) is 0 Å². The highest BCUT2D eigenvalue weighted by atomic mass is 15.2. The number of para-hydroxylation sites is 2. The zero-order valence-electron chi connectivity index (χ0n) is 31.8. The van der Waals surface area contributed by atoms with Gasteiger partial charge in [0.1, 0.15) is 0 Å². The van der Waals surface area contributed by atoms with Gasteiger partial charge >= 0.3 is 0 Å². The predicted octanol–water partition coefficient (Wildman–Crippen LogP) is 14.6. The Morgan fingerprint density at radius 1 is 0.315 bits per heavy atom. The molecule has 0 saturated carbocycles. The van der Waals surface area contributed by atoms with Gasteiger partial charge in [0.15, 0.2) is 0 Å². The Bertz CT molecular complexity index is 2130. The van der Waals surface area contributed by atoms with Crippen molar-refractivity contribution in [2.45, 2.75) is 38.5 Å². The van der Waals surface area contributed by atoms with Gasteiger partial charge in [0.05, 0.1) is 0 Å². The molecular formula is C52H48N2. The second-order valence-corrected chi connectivity index (χ2v) is 14.9. The maximum atomic E-state index is 3.91. The standard InChI is InChI=1S/C52H48N2/c1-7-39-19-23-41(24-20-39)51(3,4)43-27-31-47(32-28-43)53(45-15-11-9-12-16-45)49-35-37-50(38-36-49)54(46-17-13-10-14-18-46)48-33-29-44(30-34-48)52(5,6)42-25-21-40(8-2)22-26-42/h7-38H,1-2H2,3-6H3. The van der Waals surface area contributed by atoms with Crippen LogP contribution in [-0.2, 0) is 10.8 Å². The van der Waals surface area contributed by atoms with Gasteiger partial charge in [0.25, 0.3) is 0 Å². The molecule has 0 bridgehead atoms. The van der Waals surface area contributed by atoms with E-state index in [1.807, 2.05) is 12.2 Å². The summed E-state index contributed by atoms with van der Waals surface area (Å²) in [5, 5.41) is 0. The quantitative estimate of drug-likeness (QED) is 0.125. The number of hydrogen-bond acceptors (Lipinski definition) is 2. The van der Waals surface area contributed by atoms with Gasteiger partial charge < -0.3 is 9.80 Å². The van der Waals surface area contributed by atoms with Gasteiger partial charge in [-0.15, -0.1) is 0 Å². The lowest BCUT2D eigenvalue weighted by Crippen LogP contribution is -2.19. The molecule has 0 saturated heterocycles. The second-order valence-electron chi connectivity index (χ2n) is 14.9. The normalized spacial score (nSPS) is 11.5. The minimum Gasteiger partial charge on any atom is -0.311 e. The molecule has 0 spiro atoms. The Kier molecular flexibility index (Phi) is 10.2. The van der Waals surface area contributed by atoms with E-state index in [0.717, 1.165) is 45.3 Å². The van der Waals surface area contributed by atoms with Crippen LogP contribution in [0.3, 0.4) is 0 Å². The fourth-order valence-corrected chi connectivity index (χ4v) is 7.26. The van der Waals surface area contributed by atoms with Gasteiger partial charge in [0.2, 0.25) is 0 Å². The zero-order chi connectivity index (χ0) is 37.7. The molecule has 2 heteroatoms. The Morgan fingerprint density at radius 3 is 0.796 bits per heavy atom. The van der Waals surface area contributed by atoms with E-state index in [4.69, 9.17) is 0 Å². The minimum absolute atomic E-state index is 0.149. The fraction of sp³-hybridized carbons (Fsp3) is 0.115. The molecule has 0 radical (unpaired) electrons. The number of nitrogens with zero attached hydrogens (tertiary/aromatic N) is 2. The van der Waals surface area contributed by atoms with Crippen LogP contribution in [0.25, 0.3) is 12.2 Å². The summed E-state index contributed by atoms with van der Waals surface area (Å²) in [5.41, 5.74) is 13.6. The minimum atomic E-state index is -0.149. The fourth-order valence-electron chi connectivity index (χ4n) is 7.26. The molecule has 0 fully saturated rings. The van der Waals surface area contributed by atoms with Crippen LogP contribution in [0.2, 0.25) is 0 Å². The molecule has 0 aliphatic carbocycles. The largest absolute Gasteiger partial charge is 0.311 e. The molecule has 0 unspecified atom stereocenters. The van der Waals surface area contributed by atoms with Crippen LogP contribution in [0.5, 0.6) is 0 Å². The maximum absolute atomic E-state index is 3.91. The van der Waals surface area contributed by atoms with E-state index in [2.05, 4.69) is 233 Å². The first-order valence-electron chi connectivity index (χ1n) is 18.7. The molecule has 0 amide bonds. The molecule has 54 heavy (non-hydrogen) atoms. The van der Waals surface area contributed by atoms with E-state index in [1.165, 1.54) is 22.3 Å². The summed E-state index contributed by atoms with van der Waals surface area (Å²) >= 11 is 0. The molecule has 0 heterocycles. The van der Waals surface area contributed by atoms with Gasteiger partial charge in [-0.05, 0) is 106 Å². The van der Waals surface area contributed by atoms with Crippen LogP contribution < -0.4 is 9.80 Å². The van der Waals surface area contributed by atoms with E-state index in [-0.39, 0.29) is 10.8 Å². The van der Waals surface area contributed by atoms with Gasteiger partial charge in [-0.1, -0.05) is 162 Å². The first kappa shape index (κ1) is 36.0. The third kappa shape index (κ3) is 7.29. The van der Waals surface area contributed by atoms with Crippen molar-refractivity contribution in [1.82, 2.24) is 0 Å². The summed E-state index contributed by atoms with van der Waals surface area (Å²) in [6, 6.07) is 65.5. The van der Waals surface area contributed by atoms with Crippen LogP contribution in [0, 0.1) is 0 Å². The van der Waals surface area contributed by atoms with Crippen molar-refractivity contribution < 1.29 is 0 Å². The molecule has 0 aliphatic rings. The van der Waals surface area contributed by atoms with E-state index in [0.29, 0.717) is 0 Å². The summed E-state index contributed by atoms with van der Waals surface area (Å²) in [7, 11) is 0. The Balaban J connectivity index is 1.21. The van der Waals surface area contributed by atoms with E-state index in [9.17, 15) is 0 Å². The summed E-state index contributed by atoms with van der Waals surface area (Å²) in [4.78, 5) is 4.65. The lowest BCUT2D eigenvalue weighted by molar-refractivity contribution is 0.641. The van der Waals surface area contributed by atoms with Gasteiger partial charge in [-0.25, -0.2) is 0 Å². The summed E-state index contributed by atoms with van der Waals surface area (Å²) in [5.74, 6) is 0. The van der Waals surface area contributed by atoms with Crippen molar-refractivity contribution in [3.05, 3.63) is 229 Å². The molecule has 0 aromatic heterocycles. The highest BCUT2D eigenvalue weighted by molar-refractivity contribution is 5.81. The molecule has 0 aliphatic heterocycles. The summed E-state index contributed by atoms with van der Waals surface area (Å²) in [6.45, 7) is 17.0. The number of anilines is 6. The molecule has 7 aromatic carbocycles. The highest BCUT2D eigenvalue weighted by Crippen LogP contribution is 2.41. The van der Waals surface area contributed by atoms with Crippen LogP contribution in [-0.4, -0.2) is 0 Å². The number of rotatable bonds is 12. The van der Waals surface area contributed by atoms with E-state index >= 15 is 0 Å². The second kappa shape index (κ2) is 15.3. The Labute approximate surface area is 322 Å². The average molecular weight is 701 g/mol. The first-order chi connectivity index (χ1) is 26.2. The molecular weight excluding hydrogens is 653 g/mol. The van der Waals surface area contributed by atoms with Gasteiger partial charge in [-0.2, -0.15) is 0 Å². The SMILES string of the molecule is C=Cc1ccc(C(C)(C)c2ccc(N(c3ccccc3)c3ccc(N(c4ccccc4)c4ccc(C(C)(C)c5ccc(C=C)cc5)cc4)cc3)cc2)cc1. The van der Waals surface area contributed by atoms with Crippen LogP contribution in [0.15, 0.2) is 195 Å². The topological polar surface area (TPSA) is 6.48 Å². The molecule has 0 atom stereocenters. The summed E-state index contributed by atoms with van der Waals surface area (Å²) < 4.78 is 0. The van der Waals surface area contributed by atoms with Crippen molar-refractivity contribution in [3.63, 3.8) is 0 Å². The average Bonchev–Trinajstić information content (AvgIpc) is 3.23. The first-order valence-corrected chi connectivity index (χ1v) is 18.7. The molecule has 266 valence electrons. The molecule has 7 aromatic rings. The van der Waals surface area contributed by atoms with E-state index < -0.39 is 0 Å². The number of hydrogen-bond donors (Lipinski definition) is 0. The lowest BCUT2D eigenvalue weighted by Gasteiger charge is -2.30. The predicted molar refractivity (Wildman–Crippen MR) is 233 cm³/mol. The molecule has 0 N–H and O–H groups in total. The highest BCUT2D eigenvalue weighted by Gasteiger charge is 2.25. The Hall–Kier alpha value is -6.38.